The molecule has 2 N–H and O–H groups in total. The van der Waals surface area contributed by atoms with Crippen molar-refractivity contribution in [3.05, 3.63) is 60.5 Å². The first kappa shape index (κ1) is 18.7. The molecule has 0 saturated heterocycles. The van der Waals surface area contributed by atoms with E-state index in [1.165, 1.54) is 0 Å². The molecule has 0 aliphatic rings. The van der Waals surface area contributed by atoms with Crippen molar-refractivity contribution < 1.29 is 13.9 Å². The summed E-state index contributed by atoms with van der Waals surface area (Å²) >= 11 is 0. The fraction of sp³-hybridized carbons (Fsp3) is 0.143. The van der Waals surface area contributed by atoms with Crippen LogP contribution in [0.4, 0.5) is 5.95 Å². The Kier molecular flexibility index (Phi) is 4.71. The number of methoxy groups -OCH3 is 2. The molecule has 1 aromatic carbocycles. The highest BCUT2D eigenvalue weighted by Crippen LogP contribution is 2.28. The van der Waals surface area contributed by atoms with Crippen molar-refractivity contribution in [2.24, 2.45) is 0 Å². The fourth-order valence-electron chi connectivity index (χ4n) is 3.22. The molecule has 0 amide bonds. The second-order valence-electron chi connectivity index (χ2n) is 6.65. The minimum atomic E-state index is 0.472. The van der Waals surface area contributed by atoms with Crippen LogP contribution in [0.2, 0.25) is 0 Å². The summed E-state index contributed by atoms with van der Waals surface area (Å²) in [6.45, 7) is 0.489. The number of nitrogens with zero attached hydrogens (tertiary/aromatic N) is 5. The van der Waals surface area contributed by atoms with Crippen LogP contribution >= 0.6 is 0 Å². The van der Waals surface area contributed by atoms with E-state index < -0.39 is 0 Å². The second-order valence-corrected chi connectivity index (χ2v) is 6.65. The fourth-order valence-corrected chi connectivity index (χ4v) is 3.22. The third-order valence-corrected chi connectivity index (χ3v) is 4.73. The number of anilines is 1. The molecule has 0 bridgehead atoms. The molecule has 0 radical (unpaired) electrons. The Morgan fingerprint density at radius 2 is 1.94 bits per heavy atom. The number of fused-ring (bicyclic) bond motifs is 1. The third kappa shape index (κ3) is 3.54. The average Bonchev–Trinajstić information content (AvgIpc) is 3.57. The molecule has 5 rings (SSSR count). The van der Waals surface area contributed by atoms with Crippen molar-refractivity contribution in [3.8, 4) is 34.5 Å². The number of ether oxygens (including phenoxy) is 2. The first-order chi connectivity index (χ1) is 15.2. The average molecular weight is 417 g/mol. The van der Waals surface area contributed by atoms with Crippen LogP contribution in [-0.4, -0.2) is 44.0 Å². The number of furan rings is 1. The van der Waals surface area contributed by atoms with E-state index in [1.54, 1.807) is 37.3 Å². The van der Waals surface area contributed by atoms with Crippen LogP contribution in [0.15, 0.2) is 59.3 Å². The molecular formula is C21H19N7O3. The van der Waals surface area contributed by atoms with E-state index in [-0.39, 0.29) is 0 Å². The number of hydrogen-bond donors (Lipinski definition) is 2. The molecule has 0 fully saturated rings. The number of rotatable bonds is 7. The molecule has 0 unspecified atom stereocenters. The summed E-state index contributed by atoms with van der Waals surface area (Å²) in [5.74, 6) is 2.91. The summed E-state index contributed by atoms with van der Waals surface area (Å²) in [7, 11) is 3.22. The molecule has 156 valence electrons. The predicted octanol–water partition coefficient (Wildman–Crippen LogP) is 3.40. The van der Waals surface area contributed by atoms with Gasteiger partial charge >= 0.3 is 0 Å². The zero-order valence-electron chi connectivity index (χ0n) is 16.9. The van der Waals surface area contributed by atoms with Crippen molar-refractivity contribution in [3.63, 3.8) is 0 Å². The smallest absolute Gasteiger partial charge is 0.226 e. The summed E-state index contributed by atoms with van der Waals surface area (Å²) in [5.41, 5.74) is 2.99. The number of H-pyrrole nitrogens is 1. The molecule has 10 nitrogen and oxygen atoms in total. The minimum Gasteiger partial charge on any atom is -0.493 e. The summed E-state index contributed by atoms with van der Waals surface area (Å²) in [6, 6.07) is 13.0. The minimum absolute atomic E-state index is 0.472. The van der Waals surface area contributed by atoms with Crippen LogP contribution < -0.4 is 14.8 Å². The highest BCUT2D eigenvalue weighted by atomic mass is 16.5. The summed E-state index contributed by atoms with van der Waals surface area (Å²) < 4.78 is 17.8. The molecule has 0 aliphatic carbocycles. The van der Waals surface area contributed by atoms with Crippen LogP contribution in [-0.2, 0) is 6.54 Å². The highest BCUT2D eigenvalue weighted by Gasteiger charge is 2.16. The normalized spacial score (nSPS) is 11.0. The van der Waals surface area contributed by atoms with Gasteiger partial charge in [0.15, 0.2) is 22.9 Å². The maximum atomic E-state index is 5.45. The van der Waals surface area contributed by atoms with Gasteiger partial charge in [0.05, 0.1) is 26.2 Å². The maximum Gasteiger partial charge on any atom is 0.226 e. The lowest BCUT2D eigenvalue weighted by molar-refractivity contribution is 0.354. The van der Waals surface area contributed by atoms with Crippen molar-refractivity contribution in [2.75, 3.05) is 19.5 Å². The van der Waals surface area contributed by atoms with E-state index in [0.717, 1.165) is 5.56 Å². The van der Waals surface area contributed by atoms with Gasteiger partial charge in [-0.25, -0.2) is 9.97 Å². The number of hydrogen-bond acceptors (Lipinski definition) is 8. The lowest BCUT2D eigenvalue weighted by atomic mass is 10.2. The Balaban J connectivity index is 1.53. The largest absolute Gasteiger partial charge is 0.493 e. The molecule has 0 aliphatic heterocycles. The zero-order valence-corrected chi connectivity index (χ0v) is 16.9. The van der Waals surface area contributed by atoms with Gasteiger partial charge in [-0.3, -0.25) is 5.10 Å². The Morgan fingerprint density at radius 3 is 2.68 bits per heavy atom. The van der Waals surface area contributed by atoms with Gasteiger partial charge in [-0.05, 0) is 35.9 Å². The lowest BCUT2D eigenvalue weighted by Crippen LogP contribution is -2.08. The van der Waals surface area contributed by atoms with Crippen LogP contribution in [0.25, 0.3) is 28.6 Å². The van der Waals surface area contributed by atoms with E-state index >= 15 is 0 Å². The number of nitrogens with one attached hydrogen (secondary N) is 2. The van der Waals surface area contributed by atoms with Crippen LogP contribution in [0.3, 0.4) is 0 Å². The van der Waals surface area contributed by atoms with Gasteiger partial charge in [0.25, 0.3) is 0 Å². The van der Waals surface area contributed by atoms with Crippen LogP contribution in [0, 0.1) is 0 Å². The molecular weight excluding hydrogens is 398 g/mol. The Bertz CT molecular complexity index is 1310. The lowest BCUT2D eigenvalue weighted by Gasteiger charge is -2.11. The monoisotopic (exact) mass is 417 g/mol. The molecule has 4 heterocycles. The Labute approximate surface area is 176 Å². The quantitative estimate of drug-likeness (QED) is 0.414. The SMILES string of the molecule is COc1ccc(CNc2nc(-c3cc[nH]n3)cc3nc(-c4ccco4)nn23)cc1OC. The van der Waals surface area contributed by atoms with Gasteiger partial charge in [0.2, 0.25) is 11.8 Å². The molecule has 31 heavy (non-hydrogen) atoms. The van der Waals surface area contributed by atoms with Crippen LogP contribution in [0.5, 0.6) is 11.5 Å². The topological polar surface area (TPSA) is 115 Å². The molecule has 5 aromatic rings. The second kappa shape index (κ2) is 7.82. The summed E-state index contributed by atoms with van der Waals surface area (Å²) in [6.07, 6.45) is 3.33. The van der Waals surface area contributed by atoms with E-state index in [2.05, 4.69) is 25.6 Å². The summed E-state index contributed by atoms with van der Waals surface area (Å²) in [4.78, 5) is 9.30. The maximum absolute atomic E-state index is 5.45. The van der Waals surface area contributed by atoms with E-state index in [4.69, 9.17) is 18.9 Å². The summed E-state index contributed by atoms with van der Waals surface area (Å²) in [5, 5.41) is 14.9. The number of aromatic nitrogens is 6. The van der Waals surface area contributed by atoms with E-state index in [9.17, 15) is 0 Å². The molecule has 10 heteroatoms. The van der Waals surface area contributed by atoms with Gasteiger partial charge in [0.1, 0.15) is 5.69 Å². The van der Waals surface area contributed by atoms with Gasteiger partial charge in [-0.1, -0.05) is 6.07 Å². The number of aromatic amines is 1. The highest BCUT2D eigenvalue weighted by molar-refractivity contribution is 5.64. The van der Waals surface area contributed by atoms with Gasteiger partial charge in [0, 0.05) is 18.8 Å². The van der Waals surface area contributed by atoms with Gasteiger partial charge < -0.3 is 19.2 Å². The van der Waals surface area contributed by atoms with Crippen molar-refractivity contribution in [2.45, 2.75) is 6.54 Å². The van der Waals surface area contributed by atoms with Crippen molar-refractivity contribution in [1.29, 1.82) is 0 Å². The first-order valence-electron chi connectivity index (χ1n) is 9.52. The first-order valence-corrected chi connectivity index (χ1v) is 9.52. The Morgan fingerprint density at radius 1 is 1.03 bits per heavy atom. The molecule has 0 saturated carbocycles. The molecule has 0 atom stereocenters. The molecule has 4 aromatic heterocycles. The van der Waals surface area contributed by atoms with E-state index in [0.29, 0.717) is 52.6 Å². The third-order valence-electron chi connectivity index (χ3n) is 4.73. The Hall–Kier alpha value is -4.34. The number of benzene rings is 1. The zero-order chi connectivity index (χ0) is 21.2. The predicted molar refractivity (Wildman–Crippen MR) is 113 cm³/mol. The van der Waals surface area contributed by atoms with Crippen molar-refractivity contribution >= 4 is 11.6 Å². The van der Waals surface area contributed by atoms with Gasteiger partial charge in [-0.2, -0.15) is 9.61 Å². The van der Waals surface area contributed by atoms with Crippen LogP contribution in [0.1, 0.15) is 5.56 Å². The van der Waals surface area contributed by atoms with Gasteiger partial charge in [-0.15, -0.1) is 5.10 Å². The standard InChI is InChI=1S/C21H19N7O3/c1-29-16-6-5-13(10-18(16)30-2)12-22-21-24-15(14-7-8-23-26-14)11-19-25-20(27-28(19)21)17-4-3-9-31-17/h3-11H,12H2,1-2H3,(H,22,24)(H,23,26). The van der Waals surface area contributed by atoms with E-state index in [1.807, 2.05) is 36.4 Å². The molecule has 0 spiro atoms. The van der Waals surface area contributed by atoms with Crippen molar-refractivity contribution in [1.82, 2.24) is 29.8 Å².